The van der Waals surface area contributed by atoms with E-state index in [4.69, 9.17) is 0 Å². The molecule has 0 bridgehead atoms. The largest absolute Gasteiger partial charge is 0.416 e. The molecule has 0 aliphatic rings. The minimum atomic E-state index is -4.41. The summed E-state index contributed by atoms with van der Waals surface area (Å²) < 4.78 is 38.5. The third-order valence-electron chi connectivity index (χ3n) is 2.92. The first kappa shape index (κ1) is 18.8. The van der Waals surface area contributed by atoms with Crippen LogP contribution in [-0.4, -0.2) is 27.0 Å². The van der Waals surface area contributed by atoms with Crippen LogP contribution in [0.15, 0.2) is 24.3 Å². The van der Waals surface area contributed by atoms with Crippen molar-refractivity contribution in [2.24, 2.45) is 0 Å². The fourth-order valence-electron chi connectivity index (χ4n) is 1.98. The minimum Gasteiger partial charge on any atom is -0.352 e. The molecule has 0 fully saturated rings. The first-order valence-corrected chi connectivity index (χ1v) is 7.87. The van der Waals surface area contributed by atoms with E-state index >= 15 is 0 Å². The van der Waals surface area contributed by atoms with Gasteiger partial charge in [0.1, 0.15) is 0 Å². The van der Waals surface area contributed by atoms with Crippen molar-refractivity contribution < 1.29 is 13.2 Å². The highest BCUT2D eigenvalue weighted by Gasteiger charge is 2.30. The Balaban J connectivity index is 2.31. The summed E-state index contributed by atoms with van der Waals surface area (Å²) in [6.45, 7) is 7.72. The topological polar surface area (TPSA) is 74.8 Å². The lowest BCUT2D eigenvalue weighted by Crippen LogP contribution is -2.18. The SMILES string of the molecule is CC(C)Nc1nc(Nc2cccc(C(F)(F)F)c2)nc(NC(C)C)n1. The molecule has 2 rings (SSSR count). The van der Waals surface area contributed by atoms with Crippen LogP contribution in [0.4, 0.5) is 36.7 Å². The van der Waals surface area contributed by atoms with E-state index in [-0.39, 0.29) is 23.7 Å². The normalized spacial score (nSPS) is 11.7. The molecule has 0 aliphatic carbocycles. The van der Waals surface area contributed by atoms with Crippen LogP contribution in [0.2, 0.25) is 0 Å². The summed E-state index contributed by atoms with van der Waals surface area (Å²) in [5.74, 6) is 0.825. The van der Waals surface area contributed by atoms with Crippen molar-refractivity contribution in [1.82, 2.24) is 15.0 Å². The maximum absolute atomic E-state index is 12.8. The number of hydrogen-bond donors (Lipinski definition) is 3. The molecule has 2 aromatic rings. The molecule has 0 aliphatic heterocycles. The molecule has 0 spiro atoms. The van der Waals surface area contributed by atoms with Crippen LogP contribution in [0, 0.1) is 0 Å². The smallest absolute Gasteiger partial charge is 0.352 e. The quantitative estimate of drug-likeness (QED) is 0.719. The Morgan fingerprint density at radius 3 is 1.84 bits per heavy atom. The number of alkyl halides is 3. The minimum absolute atomic E-state index is 0.0932. The number of nitrogens with one attached hydrogen (secondary N) is 3. The van der Waals surface area contributed by atoms with Gasteiger partial charge in [-0.15, -0.1) is 0 Å². The lowest BCUT2D eigenvalue weighted by molar-refractivity contribution is -0.137. The molecule has 0 amide bonds. The summed E-state index contributed by atoms with van der Waals surface area (Å²) in [4.78, 5) is 12.7. The molecule has 1 aromatic carbocycles. The summed E-state index contributed by atoms with van der Waals surface area (Å²) in [5, 5.41) is 8.92. The molecule has 136 valence electrons. The number of rotatable bonds is 6. The van der Waals surface area contributed by atoms with Gasteiger partial charge in [0.25, 0.3) is 0 Å². The maximum Gasteiger partial charge on any atom is 0.416 e. The van der Waals surface area contributed by atoms with Gasteiger partial charge in [-0.3, -0.25) is 0 Å². The molecule has 0 saturated carbocycles. The first-order valence-electron chi connectivity index (χ1n) is 7.87. The Hall–Kier alpha value is -2.58. The summed E-state index contributed by atoms with van der Waals surface area (Å²) >= 11 is 0. The molecule has 9 heteroatoms. The molecule has 0 unspecified atom stereocenters. The van der Waals surface area contributed by atoms with E-state index < -0.39 is 11.7 Å². The maximum atomic E-state index is 12.8. The highest BCUT2D eigenvalue weighted by Crippen LogP contribution is 2.31. The Bertz CT molecular complexity index is 687. The molecule has 3 N–H and O–H groups in total. The van der Waals surface area contributed by atoms with Crippen molar-refractivity contribution in [3.05, 3.63) is 29.8 Å². The van der Waals surface area contributed by atoms with E-state index in [0.717, 1.165) is 12.1 Å². The molecule has 1 heterocycles. The predicted octanol–water partition coefficient (Wildman–Crippen LogP) is 4.27. The van der Waals surface area contributed by atoms with Crippen LogP contribution in [0.1, 0.15) is 33.3 Å². The zero-order chi connectivity index (χ0) is 18.6. The highest BCUT2D eigenvalue weighted by molar-refractivity contribution is 5.57. The number of halogens is 3. The average molecular weight is 354 g/mol. The van der Waals surface area contributed by atoms with E-state index in [1.54, 1.807) is 0 Å². The van der Waals surface area contributed by atoms with Crippen molar-refractivity contribution >= 4 is 23.5 Å². The number of hydrogen-bond acceptors (Lipinski definition) is 6. The van der Waals surface area contributed by atoms with Gasteiger partial charge in [0, 0.05) is 17.8 Å². The van der Waals surface area contributed by atoms with Gasteiger partial charge in [0.05, 0.1) is 5.56 Å². The fraction of sp³-hybridized carbons (Fsp3) is 0.438. The van der Waals surface area contributed by atoms with Gasteiger partial charge in [0.15, 0.2) is 0 Å². The Morgan fingerprint density at radius 1 is 0.840 bits per heavy atom. The second kappa shape index (κ2) is 7.54. The van der Waals surface area contributed by atoms with Gasteiger partial charge < -0.3 is 16.0 Å². The molecular weight excluding hydrogens is 333 g/mol. The summed E-state index contributed by atoms with van der Waals surface area (Å²) in [7, 11) is 0. The zero-order valence-electron chi connectivity index (χ0n) is 14.4. The van der Waals surface area contributed by atoms with E-state index in [0.29, 0.717) is 11.9 Å². The van der Waals surface area contributed by atoms with E-state index in [9.17, 15) is 13.2 Å². The molecule has 0 saturated heterocycles. The highest BCUT2D eigenvalue weighted by atomic mass is 19.4. The summed E-state index contributed by atoms with van der Waals surface area (Å²) in [5.41, 5.74) is -0.500. The lowest BCUT2D eigenvalue weighted by Gasteiger charge is -2.14. The summed E-state index contributed by atoms with van der Waals surface area (Å²) in [6, 6.07) is 5.05. The molecule has 6 nitrogen and oxygen atoms in total. The third kappa shape index (κ3) is 5.77. The molecular formula is C16H21F3N6. The van der Waals surface area contributed by atoms with Crippen molar-refractivity contribution in [1.29, 1.82) is 0 Å². The molecule has 25 heavy (non-hydrogen) atoms. The van der Waals surface area contributed by atoms with Gasteiger partial charge in [-0.25, -0.2) is 0 Å². The first-order chi connectivity index (χ1) is 11.6. The van der Waals surface area contributed by atoms with Crippen molar-refractivity contribution in [2.75, 3.05) is 16.0 Å². The number of benzene rings is 1. The van der Waals surface area contributed by atoms with Crippen LogP contribution >= 0.6 is 0 Å². The van der Waals surface area contributed by atoms with Crippen LogP contribution in [0.3, 0.4) is 0 Å². The predicted molar refractivity (Wildman–Crippen MR) is 92.1 cm³/mol. The van der Waals surface area contributed by atoms with E-state index in [1.165, 1.54) is 12.1 Å². The Labute approximate surface area is 144 Å². The Morgan fingerprint density at radius 2 is 1.36 bits per heavy atom. The number of anilines is 4. The van der Waals surface area contributed by atoms with E-state index in [1.807, 2.05) is 27.7 Å². The van der Waals surface area contributed by atoms with Gasteiger partial charge >= 0.3 is 6.18 Å². The van der Waals surface area contributed by atoms with Crippen LogP contribution in [-0.2, 0) is 6.18 Å². The van der Waals surface area contributed by atoms with Gasteiger partial charge in [0.2, 0.25) is 17.8 Å². The van der Waals surface area contributed by atoms with Crippen LogP contribution < -0.4 is 16.0 Å². The second-order valence-electron chi connectivity index (χ2n) is 6.11. The van der Waals surface area contributed by atoms with Crippen molar-refractivity contribution in [2.45, 2.75) is 46.0 Å². The van der Waals surface area contributed by atoms with Crippen LogP contribution in [0.5, 0.6) is 0 Å². The standard InChI is InChI=1S/C16H21F3N6/c1-9(2)20-13-23-14(21-10(3)4)25-15(24-13)22-12-7-5-6-11(8-12)16(17,18)19/h5-10H,1-4H3,(H3,20,21,22,23,24,25). The third-order valence-corrected chi connectivity index (χ3v) is 2.92. The van der Waals surface area contributed by atoms with Gasteiger partial charge in [-0.2, -0.15) is 28.1 Å². The second-order valence-corrected chi connectivity index (χ2v) is 6.11. The van der Waals surface area contributed by atoms with Gasteiger partial charge in [-0.05, 0) is 45.9 Å². The van der Waals surface area contributed by atoms with Gasteiger partial charge in [-0.1, -0.05) is 6.07 Å². The summed E-state index contributed by atoms with van der Waals surface area (Å²) in [6.07, 6.45) is -4.41. The number of nitrogens with zero attached hydrogens (tertiary/aromatic N) is 3. The fourth-order valence-corrected chi connectivity index (χ4v) is 1.98. The zero-order valence-corrected chi connectivity index (χ0v) is 14.4. The van der Waals surface area contributed by atoms with Crippen molar-refractivity contribution in [3.8, 4) is 0 Å². The molecule has 0 radical (unpaired) electrons. The van der Waals surface area contributed by atoms with Crippen LogP contribution in [0.25, 0.3) is 0 Å². The number of aromatic nitrogens is 3. The lowest BCUT2D eigenvalue weighted by atomic mass is 10.2. The van der Waals surface area contributed by atoms with E-state index in [2.05, 4.69) is 30.9 Å². The average Bonchev–Trinajstić information content (AvgIpc) is 2.44. The van der Waals surface area contributed by atoms with Crippen molar-refractivity contribution in [3.63, 3.8) is 0 Å². The molecule has 0 atom stereocenters. The monoisotopic (exact) mass is 354 g/mol. The molecule has 1 aromatic heterocycles. The Kier molecular flexibility index (Phi) is 5.66.